The van der Waals surface area contributed by atoms with E-state index in [1.54, 1.807) is 12.4 Å². The molecule has 0 radical (unpaired) electrons. The molecule has 0 aliphatic rings. The Bertz CT molecular complexity index is 1270. The molecule has 0 bridgehead atoms. The van der Waals surface area contributed by atoms with E-state index in [1.807, 2.05) is 60.9 Å². The number of carbonyl (C=O) groups is 1. The number of anilines is 1. The number of pyridine rings is 1. The van der Waals surface area contributed by atoms with Gasteiger partial charge in [-0.3, -0.25) is 14.3 Å². The van der Waals surface area contributed by atoms with Gasteiger partial charge in [-0.1, -0.05) is 17.8 Å². The highest BCUT2D eigenvalue weighted by atomic mass is 32.2. The fourth-order valence-corrected chi connectivity index (χ4v) is 4.26. The zero-order chi connectivity index (χ0) is 24.1. The predicted molar refractivity (Wildman–Crippen MR) is 136 cm³/mol. The third kappa shape index (κ3) is 5.28. The second kappa shape index (κ2) is 10.5. The molecule has 2 aromatic heterocycles. The van der Waals surface area contributed by atoms with Gasteiger partial charge in [0.25, 0.3) is 0 Å². The largest absolute Gasteiger partial charge is 0.494 e. The number of aromatic nitrogens is 4. The lowest BCUT2D eigenvalue weighted by atomic mass is 10.1. The van der Waals surface area contributed by atoms with Gasteiger partial charge in [-0.15, -0.1) is 10.2 Å². The van der Waals surface area contributed by atoms with E-state index < -0.39 is 5.25 Å². The third-order valence-corrected chi connectivity index (χ3v) is 6.45. The Morgan fingerprint density at radius 3 is 2.44 bits per heavy atom. The number of hydrogen-bond acceptors (Lipinski definition) is 6. The van der Waals surface area contributed by atoms with Crippen LogP contribution >= 0.6 is 11.8 Å². The molecule has 7 nitrogen and oxygen atoms in total. The van der Waals surface area contributed by atoms with E-state index in [9.17, 15) is 4.79 Å². The van der Waals surface area contributed by atoms with Crippen LogP contribution < -0.4 is 10.1 Å². The van der Waals surface area contributed by atoms with Gasteiger partial charge in [0.2, 0.25) is 5.91 Å². The highest BCUT2D eigenvalue weighted by Gasteiger charge is 2.22. The van der Waals surface area contributed by atoms with Crippen LogP contribution in [-0.2, 0) is 4.79 Å². The maximum absolute atomic E-state index is 12.9. The lowest BCUT2D eigenvalue weighted by molar-refractivity contribution is -0.115. The lowest BCUT2D eigenvalue weighted by Gasteiger charge is -2.15. The minimum atomic E-state index is -0.397. The van der Waals surface area contributed by atoms with Crippen molar-refractivity contribution in [2.75, 3.05) is 11.9 Å². The molecule has 1 unspecified atom stereocenters. The van der Waals surface area contributed by atoms with Crippen molar-refractivity contribution in [3.63, 3.8) is 0 Å². The van der Waals surface area contributed by atoms with E-state index >= 15 is 0 Å². The van der Waals surface area contributed by atoms with Crippen molar-refractivity contribution in [1.29, 1.82) is 0 Å². The van der Waals surface area contributed by atoms with E-state index in [0.29, 0.717) is 23.3 Å². The summed E-state index contributed by atoms with van der Waals surface area (Å²) in [5.74, 6) is 1.36. The Hall–Kier alpha value is -3.65. The van der Waals surface area contributed by atoms with Gasteiger partial charge >= 0.3 is 0 Å². The molecule has 0 saturated heterocycles. The maximum atomic E-state index is 12.9. The molecule has 34 heavy (non-hydrogen) atoms. The maximum Gasteiger partial charge on any atom is 0.237 e. The monoisotopic (exact) mass is 473 g/mol. The van der Waals surface area contributed by atoms with Gasteiger partial charge in [-0.25, -0.2) is 0 Å². The number of hydrogen-bond donors (Lipinski definition) is 1. The second-order valence-corrected chi connectivity index (χ2v) is 9.16. The SMILES string of the molecule is CCOc1ccc(NC(=O)C(C)Sc2nnc(-c3ccncc3)n2-c2ccc(C)c(C)c2)cc1. The number of carbonyl (C=O) groups excluding carboxylic acids is 1. The molecule has 2 aromatic carbocycles. The average molecular weight is 474 g/mol. The number of rotatable bonds is 8. The van der Waals surface area contributed by atoms with Gasteiger partial charge in [0.05, 0.1) is 17.5 Å². The summed E-state index contributed by atoms with van der Waals surface area (Å²) in [6.45, 7) is 8.56. The number of ether oxygens (including phenoxy) is 1. The summed E-state index contributed by atoms with van der Waals surface area (Å²) in [5.41, 5.74) is 4.94. The summed E-state index contributed by atoms with van der Waals surface area (Å²) < 4.78 is 7.46. The quantitative estimate of drug-likeness (QED) is 0.342. The molecular weight excluding hydrogens is 446 g/mol. The zero-order valence-electron chi connectivity index (χ0n) is 19.6. The summed E-state index contributed by atoms with van der Waals surface area (Å²) in [5, 5.41) is 12.1. The third-order valence-electron chi connectivity index (χ3n) is 5.40. The van der Waals surface area contributed by atoms with Crippen LogP contribution in [0.3, 0.4) is 0 Å². The van der Waals surface area contributed by atoms with E-state index in [-0.39, 0.29) is 5.91 Å². The number of aryl methyl sites for hydroxylation is 2. The zero-order valence-corrected chi connectivity index (χ0v) is 20.5. The van der Waals surface area contributed by atoms with Crippen LogP contribution in [0.25, 0.3) is 17.1 Å². The van der Waals surface area contributed by atoms with Crippen molar-refractivity contribution in [3.8, 4) is 22.8 Å². The molecule has 2 heterocycles. The topological polar surface area (TPSA) is 81.9 Å². The van der Waals surface area contributed by atoms with Crippen LogP contribution in [0.1, 0.15) is 25.0 Å². The lowest BCUT2D eigenvalue weighted by Crippen LogP contribution is -2.22. The standard InChI is InChI=1S/C26H27N5O2S/c1-5-33-23-10-7-21(8-11-23)28-25(32)19(4)34-26-30-29-24(20-12-14-27-15-13-20)31(26)22-9-6-17(2)18(3)16-22/h6-16,19H,5H2,1-4H3,(H,28,32). The second-order valence-electron chi connectivity index (χ2n) is 7.85. The molecule has 8 heteroatoms. The summed E-state index contributed by atoms with van der Waals surface area (Å²) >= 11 is 1.37. The first kappa shape index (κ1) is 23.5. The Balaban J connectivity index is 1.60. The van der Waals surface area contributed by atoms with Gasteiger partial charge in [0, 0.05) is 23.6 Å². The van der Waals surface area contributed by atoms with Gasteiger partial charge in [-0.05, 0) is 87.4 Å². The van der Waals surface area contributed by atoms with Crippen LogP contribution in [0.15, 0.2) is 72.1 Å². The first-order valence-electron chi connectivity index (χ1n) is 11.1. The van der Waals surface area contributed by atoms with Crippen molar-refractivity contribution < 1.29 is 9.53 Å². The van der Waals surface area contributed by atoms with Gasteiger partial charge < -0.3 is 10.1 Å². The Morgan fingerprint density at radius 2 is 1.76 bits per heavy atom. The number of amides is 1. The highest BCUT2D eigenvalue weighted by Crippen LogP contribution is 2.31. The van der Waals surface area contributed by atoms with E-state index in [4.69, 9.17) is 4.74 Å². The summed E-state index contributed by atoms with van der Waals surface area (Å²) in [7, 11) is 0. The summed E-state index contributed by atoms with van der Waals surface area (Å²) in [6, 6.07) is 17.4. The molecular formula is C26H27N5O2S. The van der Waals surface area contributed by atoms with Crippen LogP contribution in [0, 0.1) is 13.8 Å². The molecule has 1 N–H and O–H groups in total. The van der Waals surface area contributed by atoms with Crippen LogP contribution in [0.5, 0.6) is 5.75 Å². The van der Waals surface area contributed by atoms with Crippen LogP contribution in [0.2, 0.25) is 0 Å². The normalized spacial score (nSPS) is 11.8. The van der Waals surface area contributed by atoms with Gasteiger partial charge in [0.1, 0.15) is 5.75 Å². The van der Waals surface area contributed by atoms with Gasteiger partial charge in [0.15, 0.2) is 11.0 Å². The molecule has 0 saturated carbocycles. The van der Waals surface area contributed by atoms with Crippen molar-refractivity contribution in [2.24, 2.45) is 0 Å². The van der Waals surface area contributed by atoms with Crippen molar-refractivity contribution in [2.45, 2.75) is 38.1 Å². The molecule has 1 atom stereocenters. The molecule has 4 aromatic rings. The summed E-state index contributed by atoms with van der Waals surface area (Å²) in [4.78, 5) is 17.0. The number of benzene rings is 2. The number of nitrogens with one attached hydrogen (secondary N) is 1. The van der Waals surface area contributed by atoms with E-state index in [0.717, 1.165) is 17.0 Å². The first-order valence-corrected chi connectivity index (χ1v) is 12.0. The molecule has 174 valence electrons. The Kier molecular flexibility index (Phi) is 7.27. The number of thioether (sulfide) groups is 1. The fourth-order valence-electron chi connectivity index (χ4n) is 3.39. The molecule has 0 aliphatic carbocycles. The van der Waals surface area contributed by atoms with Crippen molar-refractivity contribution in [1.82, 2.24) is 19.7 Å². The fraction of sp³-hybridized carbons (Fsp3) is 0.231. The highest BCUT2D eigenvalue weighted by molar-refractivity contribution is 8.00. The molecule has 1 amide bonds. The van der Waals surface area contributed by atoms with Crippen LogP contribution in [-0.4, -0.2) is 37.5 Å². The first-order chi connectivity index (χ1) is 16.5. The van der Waals surface area contributed by atoms with Crippen molar-refractivity contribution >= 4 is 23.4 Å². The molecule has 4 rings (SSSR count). The average Bonchev–Trinajstić information content (AvgIpc) is 3.26. The summed E-state index contributed by atoms with van der Waals surface area (Å²) in [6.07, 6.45) is 3.46. The predicted octanol–water partition coefficient (Wildman–Crippen LogP) is 5.46. The minimum Gasteiger partial charge on any atom is -0.494 e. The Labute approximate surface area is 203 Å². The molecule has 0 spiro atoms. The van der Waals surface area contributed by atoms with Gasteiger partial charge in [-0.2, -0.15) is 0 Å². The number of nitrogens with zero attached hydrogens (tertiary/aromatic N) is 4. The van der Waals surface area contributed by atoms with Crippen LogP contribution in [0.4, 0.5) is 5.69 Å². The van der Waals surface area contributed by atoms with E-state index in [1.165, 1.54) is 22.9 Å². The Morgan fingerprint density at radius 1 is 1.03 bits per heavy atom. The van der Waals surface area contributed by atoms with Crippen molar-refractivity contribution in [3.05, 3.63) is 78.1 Å². The minimum absolute atomic E-state index is 0.116. The smallest absolute Gasteiger partial charge is 0.237 e. The molecule has 0 aliphatic heterocycles. The molecule has 0 fully saturated rings. The van der Waals surface area contributed by atoms with E-state index in [2.05, 4.69) is 46.5 Å².